The van der Waals surface area contributed by atoms with Crippen molar-refractivity contribution in [3.05, 3.63) is 63.1 Å². The van der Waals surface area contributed by atoms with Gasteiger partial charge >= 0.3 is 0 Å². The highest BCUT2D eigenvalue weighted by molar-refractivity contribution is 7.92. The lowest BCUT2D eigenvalue weighted by molar-refractivity contribution is -0.140. The van der Waals surface area contributed by atoms with Crippen LogP contribution in [0.2, 0.25) is 10.0 Å². The van der Waals surface area contributed by atoms with Gasteiger partial charge in [0, 0.05) is 41.7 Å². The van der Waals surface area contributed by atoms with Crippen LogP contribution in [0.4, 0.5) is 5.69 Å². The van der Waals surface area contributed by atoms with Gasteiger partial charge in [-0.2, -0.15) is 0 Å². The summed E-state index contributed by atoms with van der Waals surface area (Å²) in [6, 6.07) is 9.79. The molecule has 1 N–H and O–H groups in total. The van der Waals surface area contributed by atoms with Gasteiger partial charge in [-0.25, -0.2) is 8.42 Å². The summed E-state index contributed by atoms with van der Waals surface area (Å²) in [5.41, 5.74) is 2.98. The van der Waals surface area contributed by atoms with Gasteiger partial charge in [0.25, 0.3) is 0 Å². The van der Waals surface area contributed by atoms with E-state index in [-0.39, 0.29) is 37.7 Å². The minimum absolute atomic E-state index is 0.0443. The molecule has 0 aliphatic carbocycles. The van der Waals surface area contributed by atoms with E-state index in [9.17, 15) is 18.0 Å². The Morgan fingerprint density at radius 2 is 1.66 bits per heavy atom. The number of nitrogens with zero attached hydrogens (tertiary/aromatic N) is 2. The quantitative estimate of drug-likeness (QED) is 0.446. The molecule has 0 aliphatic heterocycles. The Morgan fingerprint density at radius 3 is 2.23 bits per heavy atom. The van der Waals surface area contributed by atoms with E-state index >= 15 is 0 Å². The van der Waals surface area contributed by atoms with Crippen LogP contribution in [0.3, 0.4) is 0 Å². The van der Waals surface area contributed by atoms with Gasteiger partial charge in [-0.1, -0.05) is 41.4 Å². The number of nitrogens with one attached hydrogen (secondary N) is 1. The molecule has 2 aromatic rings. The molecule has 2 amide bonds. The first-order chi connectivity index (χ1) is 16.4. The number of hydrogen-bond donors (Lipinski definition) is 1. The number of sulfonamides is 1. The number of likely N-dealkylation sites (N-methyl/N-ethyl adjacent to an activating group) is 1. The maximum Gasteiger partial charge on any atom is 0.242 e. The number of aryl methyl sites for hydroxylation is 1. The minimum Gasteiger partial charge on any atom is -0.355 e. The van der Waals surface area contributed by atoms with Gasteiger partial charge in [-0.3, -0.25) is 13.9 Å². The average Bonchev–Trinajstić information content (AvgIpc) is 2.77. The largest absolute Gasteiger partial charge is 0.355 e. The van der Waals surface area contributed by atoms with Crippen LogP contribution >= 0.6 is 23.2 Å². The second-order valence-corrected chi connectivity index (χ2v) is 11.2. The van der Waals surface area contributed by atoms with Gasteiger partial charge in [-0.05, 0) is 63.4 Å². The predicted octanol–water partition coefficient (Wildman–Crippen LogP) is 4.71. The molecule has 0 heterocycles. The normalized spacial score (nSPS) is 12.2. The van der Waals surface area contributed by atoms with Gasteiger partial charge in [-0.15, -0.1) is 0 Å². The van der Waals surface area contributed by atoms with Crippen molar-refractivity contribution in [3.8, 4) is 0 Å². The summed E-state index contributed by atoms with van der Waals surface area (Å²) in [5.74, 6) is -0.591. The van der Waals surface area contributed by atoms with Crippen molar-refractivity contribution in [2.75, 3.05) is 23.7 Å². The number of benzene rings is 2. The van der Waals surface area contributed by atoms with E-state index < -0.39 is 16.1 Å². The molecule has 0 aliphatic rings. The van der Waals surface area contributed by atoms with E-state index in [1.807, 2.05) is 26.0 Å². The van der Waals surface area contributed by atoms with Crippen LogP contribution in [0.15, 0.2) is 36.4 Å². The highest BCUT2D eigenvalue weighted by Gasteiger charge is 2.28. The first-order valence-corrected chi connectivity index (χ1v) is 14.0. The van der Waals surface area contributed by atoms with Crippen molar-refractivity contribution in [2.24, 2.45) is 0 Å². The Hall–Kier alpha value is -2.29. The Kier molecular flexibility index (Phi) is 10.4. The topological polar surface area (TPSA) is 86.8 Å². The monoisotopic (exact) mass is 541 g/mol. The molecular weight excluding hydrogens is 509 g/mol. The summed E-state index contributed by atoms with van der Waals surface area (Å²) in [6.45, 7) is 7.85. The van der Waals surface area contributed by atoms with E-state index in [1.54, 1.807) is 38.1 Å². The molecule has 2 rings (SSSR count). The number of anilines is 1. The van der Waals surface area contributed by atoms with Crippen LogP contribution in [0.5, 0.6) is 0 Å². The Balaban J connectivity index is 2.24. The molecule has 1 atom stereocenters. The number of halogens is 2. The number of carbonyl (C=O) groups is 2. The molecule has 0 bridgehead atoms. The lowest BCUT2D eigenvalue weighted by atomic mass is 10.1. The summed E-state index contributed by atoms with van der Waals surface area (Å²) in [5, 5.41) is 3.54. The third-order valence-corrected chi connectivity index (χ3v) is 7.79. The molecule has 0 saturated heterocycles. The van der Waals surface area contributed by atoms with Gasteiger partial charge in [0.2, 0.25) is 21.8 Å². The van der Waals surface area contributed by atoms with E-state index in [0.717, 1.165) is 17.4 Å². The predicted molar refractivity (Wildman–Crippen MR) is 142 cm³/mol. The third-order valence-electron chi connectivity index (χ3n) is 5.91. The van der Waals surface area contributed by atoms with Crippen LogP contribution in [-0.4, -0.2) is 50.5 Å². The highest BCUT2D eigenvalue weighted by atomic mass is 35.5. The second kappa shape index (κ2) is 12.6. The fourth-order valence-corrected chi connectivity index (χ4v) is 5.28. The molecule has 192 valence electrons. The third kappa shape index (κ3) is 7.59. The van der Waals surface area contributed by atoms with E-state index in [1.165, 1.54) is 9.21 Å². The standard InChI is InChI=1S/C25H33Cl2N3O4S/c1-6-28-25(32)19(4)29(16-20-21(26)11-8-12-22(20)27)24(31)14-9-15-30(35(5,33)34)23-13-7-10-17(2)18(23)3/h7-8,10-13,19H,6,9,14-16H2,1-5H3,(H,28,32). The molecule has 1 unspecified atom stereocenters. The number of carbonyl (C=O) groups excluding carboxylic acids is 2. The molecule has 0 fully saturated rings. The Morgan fingerprint density at radius 1 is 1.06 bits per heavy atom. The summed E-state index contributed by atoms with van der Waals surface area (Å²) < 4.78 is 26.4. The van der Waals surface area contributed by atoms with Crippen LogP contribution < -0.4 is 9.62 Å². The molecule has 2 aromatic carbocycles. The minimum atomic E-state index is -3.56. The molecule has 10 heteroatoms. The van der Waals surface area contributed by atoms with E-state index in [2.05, 4.69) is 5.32 Å². The molecular formula is C25H33Cl2N3O4S. The fourth-order valence-electron chi connectivity index (χ4n) is 3.75. The SMILES string of the molecule is CCNC(=O)C(C)N(Cc1c(Cl)cccc1Cl)C(=O)CCCN(c1cccc(C)c1C)S(C)(=O)=O. The lowest BCUT2D eigenvalue weighted by Crippen LogP contribution is -2.47. The summed E-state index contributed by atoms with van der Waals surface area (Å²) >= 11 is 12.6. The molecule has 7 nitrogen and oxygen atoms in total. The van der Waals surface area contributed by atoms with E-state index in [4.69, 9.17) is 23.2 Å². The van der Waals surface area contributed by atoms with Gasteiger partial charge in [0.1, 0.15) is 6.04 Å². The van der Waals surface area contributed by atoms with Crippen molar-refractivity contribution in [1.82, 2.24) is 10.2 Å². The van der Waals surface area contributed by atoms with Gasteiger partial charge in [0.05, 0.1) is 11.9 Å². The van der Waals surface area contributed by atoms with Gasteiger partial charge < -0.3 is 10.2 Å². The molecule has 0 saturated carbocycles. The van der Waals surface area contributed by atoms with Gasteiger partial charge in [0.15, 0.2) is 0 Å². The fraction of sp³-hybridized carbons (Fsp3) is 0.440. The Labute approximate surface area is 218 Å². The zero-order valence-corrected chi connectivity index (χ0v) is 23.1. The van der Waals surface area contributed by atoms with Crippen molar-refractivity contribution in [2.45, 2.75) is 53.1 Å². The first-order valence-electron chi connectivity index (χ1n) is 11.4. The zero-order valence-electron chi connectivity index (χ0n) is 20.8. The maximum absolute atomic E-state index is 13.3. The van der Waals surface area contributed by atoms with Crippen LogP contribution in [0.25, 0.3) is 0 Å². The van der Waals surface area contributed by atoms with E-state index in [0.29, 0.717) is 27.8 Å². The van der Waals surface area contributed by atoms with Crippen LogP contribution in [0.1, 0.15) is 43.4 Å². The highest BCUT2D eigenvalue weighted by Crippen LogP contribution is 2.28. The Bertz CT molecular complexity index is 1150. The second-order valence-electron chi connectivity index (χ2n) is 8.45. The molecule has 0 aromatic heterocycles. The van der Waals surface area contributed by atoms with Crippen molar-refractivity contribution >= 4 is 50.7 Å². The average molecular weight is 543 g/mol. The van der Waals surface area contributed by atoms with Crippen LogP contribution in [0, 0.1) is 13.8 Å². The van der Waals surface area contributed by atoms with Crippen molar-refractivity contribution in [3.63, 3.8) is 0 Å². The molecule has 35 heavy (non-hydrogen) atoms. The zero-order chi connectivity index (χ0) is 26.3. The number of amides is 2. The number of hydrogen-bond acceptors (Lipinski definition) is 4. The number of rotatable bonds is 11. The first kappa shape index (κ1) is 28.9. The lowest BCUT2D eigenvalue weighted by Gasteiger charge is -2.30. The van der Waals surface area contributed by atoms with Crippen LogP contribution in [-0.2, 0) is 26.2 Å². The maximum atomic E-state index is 13.3. The summed E-state index contributed by atoms with van der Waals surface area (Å²) in [6.07, 6.45) is 1.47. The molecule has 0 radical (unpaired) electrons. The van der Waals surface area contributed by atoms with Crippen molar-refractivity contribution < 1.29 is 18.0 Å². The molecule has 0 spiro atoms. The van der Waals surface area contributed by atoms with Crippen molar-refractivity contribution in [1.29, 1.82) is 0 Å². The smallest absolute Gasteiger partial charge is 0.242 e. The summed E-state index contributed by atoms with van der Waals surface area (Å²) in [7, 11) is -3.56. The summed E-state index contributed by atoms with van der Waals surface area (Å²) in [4.78, 5) is 27.3.